The Labute approximate surface area is 152 Å². The Bertz CT molecular complexity index is 1000. The van der Waals surface area contributed by atoms with E-state index in [1.54, 1.807) is 49.4 Å². The number of hydrogen-bond acceptors (Lipinski definition) is 4. The Balaban J connectivity index is 2.06. The van der Waals surface area contributed by atoms with Gasteiger partial charge in [-0.1, -0.05) is 18.2 Å². The average Bonchev–Trinajstić information content (AvgIpc) is 2.59. The Hall–Kier alpha value is -2.87. The van der Waals surface area contributed by atoms with E-state index in [0.29, 0.717) is 28.2 Å². The highest BCUT2D eigenvalue weighted by atomic mass is 32.2. The van der Waals surface area contributed by atoms with E-state index in [1.165, 1.54) is 11.9 Å². The number of rotatable bonds is 3. The predicted octanol–water partition coefficient (Wildman–Crippen LogP) is 1.99. The number of anilines is 3. The number of carbonyl (C=O) groups is 2. The van der Waals surface area contributed by atoms with Crippen LogP contribution in [0, 0.1) is 6.92 Å². The van der Waals surface area contributed by atoms with Crippen LogP contribution in [0.25, 0.3) is 0 Å². The molecule has 0 aliphatic carbocycles. The van der Waals surface area contributed by atoms with Gasteiger partial charge in [0.05, 0.1) is 23.3 Å². The molecule has 2 amide bonds. The van der Waals surface area contributed by atoms with Crippen molar-refractivity contribution in [3.63, 3.8) is 0 Å². The molecule has 0 fully saturated rings. The molecule has 2 aromatic rings. The molecule has 3 rings (SSSR count). The summed E-state index contributed by atoms with van der Waals surface area (Å²) < 4.78 is 24.8. The topological polar surface area (TPSA) is 86.8 Å². The summed E-state index contributed by atoms with van der Waals surface area (Å²) in [5, 5.41) is 2.74. The first-order valence-corrected chi connectivity index (χ1v) is 9.79. The highest BCUT2D eigenvalue weighted by Crippen LogP contribution is 2.32. The van der Waals surface area contributed by atoms with Crippen LogP contribution < -0.4 is 14.5 Å². The van der Waals surface area contributed by atoms with Crippen molar-refractivity contribution >= 4 is 38.9 Å². The van der Waals surface area contributed by atoms with E-state index in [1.807, 2.05) is 0 Å². The third-order valence-electron chi connectivity index (χ3n) is 4.39. The number of hydrogen-bond donors (Lipinski definition) is 1. The van der Waals surface area contributed by atoms with Crippen LogP contribution in [-0.2, 0) is 14.8 Å². The highest BCUT2D eigenvalue weighted by molar-refractivity contribution is 7.92. The second-order valence-electron chi connectivity index (χ2n) is 6.14. The number of para-hydroxylation sites is 2. The van der Waals surface area contributed by atoms with Crippen LogP contribution in [0.4, 0.5) is 17.1 Å². The van der Waals surface area contributed by atoms with Gasteiger partial charge in [-0.15, -0.1) is 0 Å². The van der Waals surface area contributed by atoms with Gasteiger partial charge in [-0.25, -0.2) is 8.42 Å². The van der Waals surface area contributed by atoms with Gasteiger partial charge in [0.15, 0.2) is 0 Å². The van der Waals surface area contributed by atoms with Crippen LogP contribution in [0.3, 0.4) is 0 Å². The number of amides is 2. The Morgan fingerprint density at radius 1 is 1.15 bits per heavy atom. The van der Waals surface area contributed by atoms with Gasteiger partial charge in [-0.3, -0.25) is 18.8 Å². The lowest BCUT2D eigenvalue weighted by Gasteiger charge is -2.30. The molecule has 0 unspecified atom stereocenters. The lowest BCUT2D eigenvalue weighted by molar-refractivity contribution is -0.115. The lowest BCUT2D eigenvalue weighted by Crippen LogP contribution is -2.42. The molecular formula is C18H19N3O4S. The third-order valence-corrected chi connectivity index (χ3v) is 5.58. The highest BCUT2D eigenvalue weighted by Gasteiger charge is 2.29. The minimum Gasteiger partial charge on any atom is -0.323 e. The van der Waals surface area contributed by atoms with Crippen molar-refractivity contribution in [2.45, 2.75) is 6.92 Å². The van der Waals surface area contributed by atoms with Gasteiger partial charge < -0.3 is 5.32 Å². The maximum Gasteiger partial charge on any atom is 0.259 e. The molecule has 0 atom stereocenters. The first-order chi connectivity index (χ1) is 12.2. The second kappa shape index (κ2) is 6.45. The van der Waals surface area contributed by atoms with E-state index in [-0.39, 0.29) is 18.4 Å². The van der Waals surface area contributed by atoms with Crippen molar-refractivity contribution in [1.29, 1.82) is 0 Å². The van der Waals surface area contributed by atoms with Crippen LogP contribution in [0.5, 0.6) is 0 Å². The van der Waals surface area contributed by atoms with E-state index in [4.69, 9.17) is 0 Å². The number of nitrogens with one attached hydrogen (secondary N) is 1. The quantitative estimate of drug-likeness (QED) is 0.891. The van der Waals surface area contributed by atoms with Crippen molar-refractivity contribution in [2.75, 3.05) is 34.4 Å². The zero-order valence-corrected chi connectivity index (χ0v) is 15.5. The molecule has 0 bridgehead atoms. The Morgan fingerprint density at radius 2 is 1.85 bits per heavy atom. The number of nitrogens with zero attached hydrogens (tertiary/aromatic N) is 2. The molecule has 7 nitrogen and oxygen atoms in total. The summed E-state index contributed by atoms with van der Waals surface area (Å²) in [6.45, 7) is 1.60. The molecule has 8 heteroatoms. The predicted molar refractivity (Wildman–Crippen MR) is 101 cm³/mol. The zero-order valence-electron chi connectivity index (χ0n) is 14.7. The molecule has 1 N–H and O–H groups in total. The summed E-state index contributed by atoms with van der Waals surface area (Å²) in [6.07, 6.45) is 1.10. The summed E-state index contributed by atoms with van der Waals surface area (Å²) in [5.74, 6) is -0.632. The molecule has 1 heterocycles. The molecule has 0 radical (unpaired) electrons. The monoisotopic (exact) mass is 373 g/mol. The molecule has 0 aromatic heterocycles. The first-order valence-electron chi connectivity index (χ1n) is 7.94. The van der Waals surface area contributed by atoms with E-state index in [0.717, 1.165) is 10.6 Å². The fraction of sp³-hybridized carbons (Fsp3) is 0.222. The molecule has 2 aromatic carbocycles. The van der Waals surface area contributed by atoms with Crippen molar-refractivity contribution in [1.82, 2.24) is 0 Å². The molecule has 0 saturated heterocycles. The maximum absolute atomic E-state index is 13.1. The SMILES string of the molecule is Cc1c(C(=O)N2CC(=O)Nc3ccccc32)cccc1N(C)S(C)(=O)=O. The molecule has 0 saturated carbocycles. The fourth-order valence-electron chi connectivity index (χ4n) is 2.93. The van der Waals surface area contributed by atoms with E-state index < -0.39 is 10.0 Å². The van der Waals surface area contributed by atoms with Crippen molar-refractivity contribution < 1.29 is 18.0 Å². The number of benzene rings is 2. The molecule has 136 valence electrons. The summed E-state index contributed by atoms with van der Waals surface area (Å²) in [4.78, 5) is 26.5. The first kappa shape index (κ1) is 17.9. The van der Waals surface area contributed by atoms with Gasteiger partial charge in [-0.2, -0.15) is 0 Å². The molecule has 0 spiro atoms. The van der Waals surface area contributed by atoms with Gasteiger partial charge in [0.25, 0.3) is 5.91 Å². The van der Waals surface area contributed by atoms with E-state index in [2.05, 4.69) is 5.32 Å². The largest absolute Gasteiger partial charge is 0.323 e. The molecule has 1 aliphatic rings. The van der Waals surface area contributed by atoms with Gasteiger partial charge in [0.1, 0.15) is 6.54 Å². The average molecular weight is 373 g/mol. The summed E-state index contributed by atoms with van der Waals surface area (Å²) in [5.41, 5.74) is 2.49. The van der Waals surface area contributed by atoms with Gasteiger partial charge in [-0.05, 0) is 36.8 Å². The molecule has 26 heavy (non-hydrogen) atoms. The van der Waals surface area contributed by atoms with Crippen LogP contribution in [0.15, 0.2) is 42.5 Å². The van der Waals surface area contributed by atoms with Crippen LogP contribution in [0.2, 0.25) is 0 Å². The number of carbonyl (C=O) groups excluding carboxylic acids is 2. The standard InChI is InChI=1S/C18H19N3O4S/c1-12-13(7-6-10-15(12)20(2)26(3,24)25)18(23)21-11-17(22)19-14-8-4-5-9-16(14)21/h4-10H,11H2,1-3H3,(H,19,22). The van der Waals surface area contributed by atoms with Crippen LogP contribution in [-0.4, -0.2) is 40.1 Å². The van der Waals surface area contributed by atoms with E-state index in [9.17, 15) is 18.0 Å². The van der Waals surface area contributed by atoms with Gasteiger partial charge >= 0.3 is 0 Å². The summed E-state index contributed by atoms with van der Waals surface area (Å²) in [7, 11) is -2.02. The van der Waals surface area contributed by atoms with Gasteiger partial charge in [0.2, 0.25) is 15.9 Å². The van der Waals surface area contributed by atoms with Gasteiger partial charge in [0, 0.05) is 12.6 Å². The normalized spacial score (nSPS) is 13.8. The summed E-state index contributed by atoms with van der Waals surface area (Å²) in [6, 6.07) is 12.0. The fourth-order valence-corrected chi connectivity index (χ4v) is 3.49. The Kier molecular flexibility index (Phi) is 4.45. The van der Waals surface area contributed by atoms with Crippen LogP contribution in [0.1, 0.15) is 15.9 Å². The lowest BCUT2D eigenvalue weighted by atomic mass is 10.0. The minimum atomic E-state index is -3.46. The third kappa shape index (κ3) is 3.15. The van der Waals surface area contributed by atoms with Crippen molar-refractivity contribution in [2.24, 2.45) is 0 Å². The van der Waals surface area contributed by atoms with Crippen LogP contribution >= 0.6 is 0 Å². The smallest absolute Gasteiger partial charge is 0.259 e. The van der Waals surface area contributed by atoms with Crippen molar-refractivity contribution in [3.8, 4) is 0 Å². The number of sulfonamides is 1. The zero-order chi connectivity index (χ0) is 19.1. The summed E-state index contributed by atoms with van der Waals surface area (Å²) >= 11 is 0. The second-order valence-corrected chi connectivity index (χ2v) is 8.15. The maximum atomic E-state index is 13.1. The van der Waals surface area contributed by atoms with E-state index >= 15 is 0 Å². The van der Waals surface area contributed by atoms with Crippen molar-refractivity contribution in [3.05, 3.63) is 53.6 Å². The minimum absolute atomic E-state index is 0.0958. The molecule has 1 aliphatic heterocycles. The Morgan fingerprint density at radius 3 is 2.54 bits per heavy atom. The molecular weight excluding hydrogens is 354 g/mol. The number of fused-ring (bicyclic) bond motifs is 1.